The topological polar surface area (TPSA) is 35.5 Å². The second-order valence-corrected chi connectivity index (χ2v) is 8.26. The highest BCUT2D eigenvalue weighted by atomic mass is 16.5. The lowest BCUT2D eigenvalue weighted by Crippen LogP contribution is -2.52. The summed E-state index contributed by atoms with van der Waals surface area (Å²) in [6, 6.07) is 4.45. The SMILES string of the molecule is C=C(C)c1cc2c(cc1OC)[C@@]1(C)CCC[C@](C)(C(=O)OC)[C@@H]1CC2. The van der Waals surface area contributed by atoms with Crippen LogP contribution in [0.5, 0.6) is 5.75 Å². The summed E-state index contributed by atoms with van der Waals surface area (Å²) in [6.45, 7) is 10.6. The van der Waals surface area contributed by atoms with Crippen molar-refractivity contribution < 1.29 is 14.3 Å². The number of rotatable bonds is 3. The molecule has 3 rings (SSSR count). The average Bonchev–Trinajstić information content (AvgIpc) is 2.59. The van der Waals surface area contributed by atoms with Gasteiger partial charge in [-0.05, 0) is 79.7 Å². The zero-order valence-electron chi connectivity index (χ0n) is 16.2. The molecule has 0 spiro atoms. The highest BCUT2D eigenvalue weighted by Gasteiger charge is 2.55. The van der Waals surface area contributed by atoms with Crippen molar-refractivity contribution in [2.45, 2.75) is 58.3 Å². The molecule has 0 heterocycles. The molecule has 0 aromatic heterocycles. The summed E-state index contributed by atoms with van der Waals surface area (Å²) in [4.78, 5) is 12.6. The third-order valence-electron chi connectivity index (χ3n) is 6.78. The van der Waals surface area contributed by atoms with Crippen LogP contribution in [0.15, 0.2) is 18.7 Å². The Hall–Kier alpha value is -1.77. The van der Waals surface area contributed by atoms with E-state index in [1.54, 1.807) is 7.11 Å². The largest absolute Gasteiger partial charge is 0.496 e. The van der Waals surface area contributed by atoms with Crippen LogP contribution in [0.25, 0.3) is 5.57 Å². The Morgan fingerprint density at radius 3 is 2.56 bits per heavy atom. The van der Waals surface area contributed by atoms with Crippen LogP contribution in [0.3, 0.4) is 0 Å². The van der Waals surface area contributed by atoms with Crippen LogP contribution in [-0.2, 0) is 21.4 Å². The fourth-order valence-corrected chi connectivity index (χ4v) is 5.48. The molecule has 1 fully saturated rings. The van der Waals surface area contributed by atoms with E-state index >= 15 is 0 Å². The van der Waals surface area contributed by atoms with Gasteiger partial charge in [-0.1, -0.05) is 19.9 Å². The summed E-state index contributed by atoms with van der Waals surface area (Å²) in [6.07, 6.45) is 5.08. The Morgan fingerprint density at radius 2 is 1.96 bits per heavy atom. The highest BCUT2D eigenvalue weighted by Crippen LogP contribution is 2.58. The van der Waals surface area contributed by atoms with Gasteiger partial charge in [-0.15, -0.1) is 0 Å². The van der Waals surface area contributed by atoms with E-state index in [9.17, 15) is 4.79 Å². The van der Waals surface area contributed by atoms with Crippen molar-refractivity contribution in [3.05, 3.63) is 35.4 Å². The van der Waals surface area contributed by atoms with E-state index in [4.69, 9.17) is 9.47 Å². The number of ether oxygens (including phenoxy) is 2. The number of carbonyl (C=O) groups is 1. The molecule has 0 radical (unpaired) electrons. The lowest BCUT2D eigenvalue weighted by Gasteiger charge is -2.54. The minimum absolute atomic E-state index is 0.0182. The first-order valence-corrected chi connectivity index (χ1v) is 9.23. The van der Waals surface area contributed by atoms with Gasteiger partial charge in [0.15, 0.2) is 0 Å². The normalized spacial score (nSPS) is 30.8. The third kappa shape index (κ3) is 2.59. The van der Waals surface area contributed by atoms with Crippen molar-refractivity contribution in [1.82, 2.24) is 0 Å². The molecule has 1 aromatic rings. The summed E-state index contributed by atoms with van der Waals surface area (Å²) >= 11 is 0. The van der Waals surface area contributed by atoms with Crippen molar-refractivity contribution in [1.29, 1.82) is 0 Å². The molecule has 3 atom stereocenters. The molecule has 25 heavy (non-hydrogen) atoms. The third-order valence-corrected chi connectivity index (χ3v) is 6.78. The second-order valence-electron chi connectivity index (χ2n) is 8.26. The Bertz CT molecular complexity index is 720. The molecular formula is C22H30O3. The number of carbonyl (C=O) groups excluding carboxylic acids is 1. The average molecular weight is 342 g/mol. The molecule has 1 aromatic carbocycles. The van der Waals surface area contributed by atoms with E-state index in [-0.39, 0.29) is 11.4 Å². The van der Waals surface area contributed by atoms with Crippen molar-refractivity contribution in [3.8, 4) is 5.75 Å². The monoisotopic (exact) mass is 342 g/mol. The van der Waals surface area contributed by atoms with Crippen LogP contribution in [0, 0.1) is 11.3 Å². The Kier molecular flexibility index (Phi) is 4.47. The molecule has 0 N–H and O–H groups in total. The zero-order valence-corrected chi connectivity index (χ0v) is 16.2. The number of methoxy groups -OCH3 is 2. The van der Waals surface area contributed by atoms with Gasteiger partial charge < -0.3 is 9.47 Å². The summed E-state index contributed by atoms with van der Waals surface area (Å²) in [5.41, 5.74) is 4.42. The van der Waals surface area contributed by atoms with Crippen LogP contribution in [0.1, 0.15) is 63.1 Å². The lowest BCUT2D eigenvalue weighted by molar-refractivity contribution is -0.161. The van der Waals surface area contributed by atoms with Crippen LogP contribution < -0.4 is 4.74 Å². The smallest absolute Gasteiger partial charge is 0.311 e. The Morgan fingerprint density at radius 1 is 1.24 bits per heavy atom. The van der Waals surface area contributed by atoms with Gasteiger partial charge in [-0.25, -0.2) is 0 Å². The van der Waals surface area contributed by atoms with E-state index in [1.807, 2.05) is 6.92 Å². The number of fused-ring (bicyclic) bond motifs is 3. The van der Waals surface area contributed by atoms with E-state index < -0.39 is 5.41 Å². The maximum absolute atomic E-state index is 12.6. The number of hydrogen-bond acceptors (Lipinski definition) is 3. The lowest BCUT2D eigenvalue weighted by atomic mass is 9.49. The van der Waals surface area contributed by atoms with E-state index in [0.717, 1.165) is 49.0 Å². The van der Waals surface area contributed by atoms with Crippen LogP contribution in [0.4, 0.5) is 0 Å². The van der Waals surface area contributed by atoms with Gasteiger partial charge >= 0.3 is 5.97 Å². The molecule has 1 saturated carbocycles. The summed E-state index contributed by atoms with van der Waals surface area (Å²) < 4.78 is 10.9. The number of benzene rings is 1. The minimum atomic E-state index is -0.403. The van der Waals surface area contributed by atoms with Crippen LogP contribution in [-0.4, -0.2) is 20.2 Å². The molecule has 2 aliphatic rings. The Labute approximate surface area is 151 Å². The van der Waals surface area contributed by atoms with Gasteiger partial charge in [-0.3, -0.25) is 4.79 Å². The van der Waals surface area contributed by atoms with E-state index in [0.29, 0.717) is 5.92 Å². The van der Waals surface area contributed by atoms with Gasteiger partial charge in [0.05, 0.1) is 19.6 Å². The molecule has 136 valence electrons. The molecule has 0 saturated heterocycles. The van der Waals surface area contributed by atoms with Crippen molar-refractivity contribution >= 4 is 11.5 Å². The Balaban J connectivity index is 2.14. The van der Waals surface area contributed by atoms with Gasteiger partial charge in [0, 0.05) is 5.56 Å². The van der Waals surface area contributed by atoms with Crippen molar-refractivity contribution in [2.24, 2.45) is 11.3 Å². The first-order chi connectivity index (χ1) is 11.8. The predicted octanol–water partition coefficient (Wildman–Crippen LogP) is 4.91. The fraction of sp³-hybridized carbons (Fsp3) is 0.591. The molecule has 0 unspecified atom stereocenters. The summed E-state index contributed by atoms with van der Waals surface area (Å²) in [5.74, 6) is 1.13. The van der Waals surface area contributed by atoms with Gasteiger partial charge in [0.1, 0.15) is 5.75 Å². The van der Waals surface area contributed by atoms with Gasteiger partial charge in [0.2, 0.25) is 0 Å². The predicted molar refractivity (Wildman–Crippen MR) is 101 cm³/mol. The molecule has 3 nitrogen and oxygen atoms in total. The van der Waals surface area contributed by atoms with E-state index in [2.05, 4.69) is 32.6 Å². The van der Waals surface area contributed by atoms with Gasteiger partial charge in [0.25, 0.3) is 0 Å². The number of esters is 1. The quantitative estimate of drug-likeness (QED) is 0.732. The number of aryl methyl sites for hydroxylation is 1. The minimum Gasteiger partial charge on any atom is -0.496 e. The van der Waals surface area contributed by atoms with Crippen LogP contribution in [0.2, 0.25) is 0 Å². The highest BCUT2D eigenvalue weighted by molar-refractivity contribution is 5.77. The molecule has 3 heteroatoms. The second kappa shape index (κ2) is 6.19. The molecule has 0 aliphatic heterocycles. The summed E-state index contributed by atoms with van der Waals surface area (Å²) in [5, 5.41) is 0. The molecule has 0 amide bonds. The maximum atomic E-state index is 12.6. The first kappa shape index (κ1) is 18.0. The number of hydrogen-bond donors (Lipinski definition) is 0. The van der Waals surface area contributed by atoms with Crippen LogP contribution >= 0.6 is 0 Å². The standard InChI is InChI=1S/C22H30O3/c1-14(2)16-12-15-8-9-19-21(3,17(15)13-18(16)24-5)10-7-11-22(19,4)20(23)25-6/h12-13,19H,1,7-11H2,2-6H3/t19-,21-,22+/m1/s1. The maximum Gasteiger partial charge on any atom is 0.311 e. The molecular weight excluding hydrogens is 312 g/mol. The van der Waals surface area contributed by atoms with Crippen molar-refractivity contribution in [3.63, 3.8) is 0 Å². The van der Waals surface area contributed by atoms with Gasteiger partial charge in [-0.2, -0.15) is 0 Å². The first-order valence-electron chi connectivity index (χ1n) is 9.23. The van der Waals surface area contributed by atoms with Crippen molar-refractivity contribution in [2.75, 3.05) is 14.2 Å². The molecule has 0 bridgehead atoms. The molecule has 2 aliphatic carbocycles. The zero-order chi connectivity index (χ0) is 18.4. The summed E-state index contributed by atoms with van der Waals surface area (Å²) in [7, 11) is 3.23. The fourth-order valence-electron chi connectivity index (χ4n) is 5.48. The van der Waals surface area contributed by atoms with E-state index in [1.165, 1.54) is 18.2 Å². The number of allylic oxidation sites excluding steroid dienone is 1.